The van der Waals surface area contributed by atoms with E-state index < -0.39 is 0 Å². The predicted octanol–water partition coefficient (Wildman–Crippen LogP) is 2.21. The molecule has 0 saturated carbocycles. The molecule has 0 radical (unpaired) electrons. The van der Waals surface area contributed by atoms with E-state index in [-0.39, 0.29) is 0 Å². The summed E-state index contributed by atoms with van der Waals surface area (Å²) in [6.07, 6.45) is 1.67. The first-order valence-corrected chi connectivity index (χ1v) is 5.56. The Morgan fingerprint density at radius 2 is 2.24 bits per heavy atom. The Balaban J connectivity index is 2.62. The Labute approximate surface area is 104 Å². The number of halogens is 1. The van der Waals surface area contributed by atoms with Gasteiger partial charge < -0.3 is 15.0 Å². The van der Waals surface area contributed by atoms with Crippen LogP contribution in [0.1, 0.15) is 6.92 Å². The molecule has 0 saturated heterocycles. The Morgan fingerprint density at radius 3 is 2.88 bits per heavy atom. The second kappa shape index (κ2) is 4.63. The number of nitrogen functional groups attached to an aromatic ring is 1. The molecule has 0 spiro atoms. The molecule has 6 heteroatoms. The van der Waals surface area contributed by atoms with Crippen LogP contribution in [0.15, 0.2) is 18.5 Å². The van der Waals surface area contributed by atoms with Gasteiger partial charge in [0.15, 0.2) is 5.82 Å². The lowest BCUT2D eigenvalue weighted by Gasteiger charge is -2.10. The zero-order chi connectivity index (χ0) is 12.4. The highest BCUT2D eigenvalue weighted by molar-refractivity contribution is 6.33. The third-order valence-electron chi connectivity index (χ3n) is 2.52. The van der Waals surface area contributed by atoms with Crippen molar-refractivity contribution in [1.29, 1.82) is 0 Å². The zero-order valence-electron chi connectivity index (χ0n) is 9.64. The van der Waals surface area contributed by atoms with E-state index in [0.717, 1.165) is 12.1 Å². The van der Waals surface area contributed by atoms with Crippen LogP contribution in [0.25, 0.3) is 11.4 Å². The van der Waals surface area contributed by atoms with Gasteiger partial charge in [0.25, 0.3) is 0 Å². The molecule has 1 heterocycles. The number of ether oxygens (including phenoxy) is 1. The van der Waals surface area contributed by atoms with E-state index in [1.165, 1.54) is 0 Å². The number of nitrogens with zero attached hydrogens (tertiary/aromatic N) is 3. The summed E-state index contributed by atoms with van der Waals surface area (Å²) in [5, 5.41) is 8.43. The molecule has 0 atom stereocenters. The largest absolute Gasteiger partial charge is 0.496 e. The molecule has 2 rings (SSSR count). The second-order valence-corrected chi connectivity index (χ2v) is 3.92. The SMILES string of the molecule is CCn1cnnc1-c1cc(Cl)c(N)cc1OC. The van der Waals surface area contributed by atoms with Crippen LogP contribution in [0.3, 0.4) is 0 Å². The summed E-state index contributed by atoms with van der Waals surface area (Å²) < 4.78 is 7.19. The van der Waals surface area contributed by atoms with Gasteiger partial charge in [0, 0.05) is 12.6 Å². The van der Waals surface area contributed by atoms with Crippen molar-refractivity contribution in [3.63, 3.8) is 0 Å². The van der Waals surface area contributed by atoms with Crippen LogP contribution in [0.2, 0.25) is 5.02 Å². The topological polar surface area (TPSA) is 66.0 Å². The molecule has 0 amide bonds. The first-order valence-electron chi connectivity index (χ1n) is 5.18. The summed E-state index contributed by atoms with van der Waals surface area (Å²) in [5.74, 6) is 1.35. The highest BCUT2D eigenvalue weighted by Gasteiger charge is 2.14. The van der Waals surface area contributed by atoms with Crippen LogP contribution >= 0.6 is 11.6 Å². The molecule has 17 heavy (non-hydrogen) atoms. The monoisotopic (exact) mass is 252 g/mol. The number of nitrogens with two attached hydrogens (primary N) is 1. The molecule has 0 unspecified atom stereocenters. The van der Waals surface area contributed by atoms with Crippen molar-refractivity contribution >= 4 is 17.3 Å². The van der Waals surface area contributed by atoms with E-state index in [4.69, 9.17) is 22.1 Å². The van der Waals surface area contributed by atoms with Gasteiger partial charge in [-0.15, -0.1) is 10.2 Å². The average molecular weight is 253 g/mol. The van der Waals surface area contributed by atoms with Gasteiger partial charge in [-0.3, -0.25) is 0 Å². The number of hydrogen-bond acceptors (Lipinski definition) is 4. The molecule has 2 aromatic rings. The van der Waals surface area contributed by atoms with Crippen molar-refractivity contribution < 1.29 is 4.74 Å². The Morgan fingerprint density at radius 1 is 1.47 bits per heavy atom. The average Bonchev–Trinajstić information content (AvgIpc) is 2.80. The van der Waals surface area contributed by atoms with Crippen molar-refractivity contribution in [3.8, 4) is 17.1 Å². The molecule has 1 aromatic heterocycles. The van der Waals surface area contributed by atoms with Crippen LogP contribution in [0.4, 0.5) is 5.69 Å². The molecule has 90 valence electrons. The van der Waals surface area contributed by atoms with Crippen LogP contribution in [-0.2, 0) is 6.54 Å². The minimum Gasteiger partial charge on any atom is -0.496 e. The number of aromatic nitrogens is 3. The highest BCUT2D eigenvalue weighted by Crippen LogP contribution is 2.34. The van der Waals surface area contributed by atoms with Gasteiger partial charge in [-0.1, -0.05) is 11.6 Å². The second-order valence-electron chi connectivity index (χ2n) is 3.51. The normalized spacial score (nSPS) is 10.5. The zero-order valence-corrected chi connectivity index (χ0v) is 10.4. The molecule has 0 aliphatic carbocycles. The summed E-state index contributed by atoms with van der Waals surface area (Å²) in [5.41, 5.74) is 7.00. The lowest BCUT2D eigenvalue weighted by Crippen LogP contribution is -1.99. The van der Waals surface area contributed by atoms with E-state index in [1.54, 1.807) is 25.6 Å². The lowest BCUT2D eigenvalue weighted by atomic mass is 10.1. The van der Waals surface area contributed by atoms with Crippen molar-refractivity contribution in [1.82, 2.24) is 14.8 Å². The van der Waals surface area contributed by atoms with Crippen LogP contribution in [-0.4, -0.2) is 21.9 Å². The van der Waals surface area contributed by atoms with Crippen LogP contribution in [0, 0.1) is 0 Å². The van der Waals surface area contributed by atoms with Gasteiger partial charge in [-0.2, -0.15) is 0 Å². The smallest absolute Gasteiger partial charge is 0.167 e. The summed E-state index contributed by atoms with van der Waals surface area (Å²) >= 11 is 6.02. The quantitative estimate of drug-likeness (QED) is 0.851. The van der Waals surface area contributed by atoms with Crippen molar-refractivity contribution in [2.45, 2.75) is 13.5 Å². The third-order valence-corrected chi connectivity index (χ3v) is 2.84. The maximum absolute atomic E-state index is 6.02. The van der Waals surface area contributed by atoms with E-state index >= 15 is 0 Å². The first-order chi connectivity index (χ1) is 8.17. The van der Waals surface area contributed by atoms with Crippen molar-refractivity contribution in [2.75, 3.05) is 12.8 Å². The molecule has 0 aliphatic rings. The van der Waals surface area contributed by atoms with Crippen molar-refractivity contribution in [2.24, 2.45) is 0 Å². The molecular formula is C11H13ClN4O. The van der Waals surface area contributed by atoms with E-state index in [0.29, 0.717) is 22.3 Å². The maximum Gasteiger partial charge on any atom is 0.167 e. The molecule has 1 aromatic carbocycles. The number of benzene rings is 1. The number of hydrogen-bond donors (Lipinski definition) is 1. The Bertz CT molecular complexity index is 538. The number of aryl methyl sites for hydroxylation is 1. The molecule has 0 bridgehead atoms. The minimum absolute atomic E-state index is 0.478. The van der Waals surface area contributed by atoms with Gasteiger partial charge >= 0.3 is 0 Å². The predicted molar refractivity (Wildman–Crippen MR) is 67.1 cm³/mol. The summed E-state index contributed by atoms with van der Waals surface area (Å²) in [4.78, 5) is 0. The van der Waals surface area contributed by atoms with E-state index in [2.05, 4.69) is 10.2 Å². The summed E-state index contributed by atoms with van der Waals surface area (Å²) in [6.45, 7) is 2.78. The maximum atomic E-state index is 6.02. The minimum atomic E-state index is 0.478. The fourth-order valence-corrected chi connectivity index (χ4v) is 1.77. The lowest BCUT2D eigenvalue weighted by molar-refractivity contribution is 0.416. The van der Waals surface area contributed by atoms with Gasteiger partial charge in [0.05, 0.1) is 23.4 Å². The van der Waals surface area contributed by atoms with Crippen molar-refractivity contribution in [3.05, 3.63) is 23.5 Å². The highest BCUT2D eigenvalue weighted by atomic mass is 35.5. The van der Waals surface area contributed by atoms with E-state index in [9.17, 15) is 0 Å². The van der Waals surface area contributed by atoms with Gasteiger partial charge in [0.2, 0.25) is 0 Å². The molecule has 0 fully saturated rings. The van der Waals surface area contributed by atoms with Crippen LogP contribution in [0.5, 0.6) is 5.75 Å². The molecule has 2 N–H and O–H groups in total. The van der Waals surface area contributed by atoms with Crippen LogP contribution < -0.4 is 10.5 Å². The number of methoxy groups -OCH3 is 1. The fourth-order valence-electron chi connectivity index (χ4n) is 1.61. The third kappa shape index (κ3) is 2.06. The van der Waals surface area contributed by atoms with Gasteiger partial charge in [0.1, 0.15) is 12.1 Å². The number of anilines is 1. The Hall–Kier alpha value is -1.75. The van der Waals surface area contributed by atoms with Gasteiger partial charge in [-0.05, 0) is 13.0 Å². The molecule has 0 aliphatic heterocycles. The summed E-state index contributed by atoms with van der Waals surface area (Å²) in [7, 11) is 1.58. The fraction of sp³-hybridized carbons (Fsp3) is 0.273. The molecular weight excluding hydrogens is 240 g/mol. The standard InChI is InChI=1S/C11H13ClN4O/c1-3-16-6-14-15-11(16)7-4-8(12)9(13)5-10(7)17-2/h4-6H,3,13H2,1-2H3. The Kier molecular flexibility index (Phi) is 3.19. The van der Waals surface area contributed by atoms with E-state index in [1.807, 2.05) is 11.5 Å². The first kappa shape index (κ1) is 11.7. The van der Waals surface area contributed by atoms with Gasteiger partial charge in [-0.25, -0.2) is 0 Å². The summed E-state index contributed by atoms with van der Waals surface area (Å²) in [6, 6.07) is 3.43. The number of rotatable bonds is 3. The molecule has 5 nitrogen and oxygen atoms in total.